The van der Waals surface area contributed by atoms with E-state index in [9.17, 15) is 14.7 Å². The molecule has 0 bridgehead atoms. The summed E-state index contributed by atoms with van der Waals surface area (Å²) in [5.74, 6) is -2.92. The molecule has 0 aliphatic heterocycles. The first-order valence-corrected chi connectivity index (χ1v) is 11.0. The van der Waals surface area contributed by atoms with Gasteiger partial charge in [0, 0.05) is 28.7 Å². The lowest BCUT2D eigenvalue weighted by atomic mass is 9.66. The molecule has 0 fully saturated rings. The number of hydrogen-bond acceptors (Lipinski definition) is 6. The summed E-state index contributed by atoms with van der Waals surface area (Å²) in [4.78, 5) is 26.3. The van der Waals surface area contributed by atoms with E-state index < -0.39 is 29.4 Å². The van der Waals surface area contributed by atoms with Crippen molar-refractivity contribution < 1.29 is 24.2 Å². The van der Waals surface area contributed by atoms with Crippen LogP contribution in [0.4, 0.5) is 5.69 Å². The summed E-state index contributed by atoms with van der Waals surface area (Å²) in [7, 11) is 0. The molecule has 1 aliphatic carbocycles. The quantitative estimate of drug-likeness (QED) is 0.587. The highest BCUT2D eigenvalue weighted by molar-refractivity contribution is 6.30. The third kappa shape index (κ3) is 5.14. The number of esters is 2. The molecule has 170 valence electrons. The number of para-hydroxylation sites is 1. The summed E-state index contributed by atoms with van der Waals surface area (Å²) in [6.45, 7) is 5.35. The number of ether oxygens (including phenoxy) is 2. The van der Waals surface area contributed by atoms with E-state index >= 15 is 0 Å². The Morgan fingerprint density at radius 3 is 2.28 bits per heavy atom. The first kappa shape index (κ1) is 23.8. The minimum atomic E-state index is -1.48. The number of nitrogens with one attached hydrogen (secondary N) is 1. The van der Waals surface area contributed by atoms with Crippen LogP contribution in [0.15, 0.2) is 65.9 Å². The molecule has 0 amide bonds. The monoisotopic (exact) mass is 457 g/mol. The van der Waals surface area contributed by atoms with Crippen LogP contribution in [0.1, 0.15) is 38.7 Å². The maximum Gasteiger partial charge on any atom is 0.336 e. The minimum Gasteiger partial charge on any atom is -0.466 e. The molecule has 2 N–H and O–H groups in total. The van der Waals surface area contributed by atoms with Crippen LogP contribution >= 0.6 is 11.6 Å². The molecular formula is C25H28ClNO5. The summed E-state index contributed by atoms with van der Waals surface area (Å²) in [6, 6.07) is 16.2. The number of carbonyl (C=O) groups is 2. The fraction of sp³-hybridized carbons (Fsp3) is 0.360. The summed E-state index contributed by atoms with van der Waals surface area (Å²) in [5.41, 5.74) is 0.721. The fourth-order valence-corrected chi connectivity index (χ4v) is 4.32. The normalized spacial score (nSPS) is 22.9. The van der Waals surface area contributed by atoms with Crippen LogP contribution in [-0.4, -0.2) is 35.9 Å². The van der Waals surface area contributed by atoms with Gasteiger partial charge in [-0.3, -0.25) is 4.79 Å². The summed E-state index contributed by atoms with van der Waals surface area (Å²) in [6.07, 6.45) is 0.0453. The van der Waals surface area contributed by atoms with Crippen molar-refractivity contribution in [3.8, 4) is 0 Å². The fourth-order valence-electron chi connectivity index (χ4n) is 4.19. The van der Waals surface area contributed by atoms with Crippen molar-refractivity contribution in [2.24, 2.45) is 5.92 Å². The SMILES string of the molecule is CCOC(=O)C1=C(Nc2ccccc2)C[C@](C)(O)[C@@H](C(=O)OCC)[C@H]1c1ccc(Cl)cc1. The average molecular weight is 458 g/mol. The smallest absolute Gasteiger partial charge is 0.336 e. The maximum atomic E-state index is 13.2. The van der Waals surface area contributed by atoms with E-state index in [-0.39, 0.29) is 19.6 Å². The lowest BCUT2D eigenvalue weighted by Gasteiger charge is -2.43. The predicted molar refractivity (Wildman–Crippen MR) is 123 cm³/mol. The van der Waals surface area contributed by atoms with Crippen LogP contribution in [0.3, 0.4) is 0 Å². The van der Waals surface area contributed by atoms with E-state index in [1.165, 1.54) is 0 Å². The number of carbonyl (C=O) groups excluding carboxylic acids is 2. The van der Waals surface area contributed by atoms with Crippen LogP contribution in [-0.2, 0) is 19.1 Å². The minimum absolute atomic E-state index is 0.0453. The summed E-state index contributed by atoms with van der Waals surface area (Å²) < 4.78 is 10.7. The van der Waals surface area contributed by atoms with Crippen molar-refractivity contribution in [1.82, 2.24) is 0 Å². The zero-order valence-corrected chi connectivity index (χ0v) is 19.2. The van der Waals surface area contributed by atoms with Crippen LogP contribution < -0.4 is 5.32 Å². The van der Waals surface area contributed by atoms with Gasteiger partial charge in [-0.15, -0.1) is 0 Å². The van der Waals surface area contributed by atoms with Crippen molar-refractivity contribution in [2.45, 2.75) is 38.7 Å². The van der Waals surface area contributed by atoms with Gasteiger partial charge in [0.15, 0.2) is 0 Å². The lowest BCUT2D eigenvalue weighted by Crippen LogP contribution is -2.49. The van der Waals surface area contributed by atoms with E-state index in [2.05, 4.69) is 5.32 Å². The van der Waals surface area contributed by atoms with Gasteiger partial charge >= 0.3 is 11.9 Å². The lowest BCUT2D eigenvalue weighted by molar-refractivity contribution is -0.159. The molecule has 32 heavy (non-hydrogen) atoms. The second-order valence-electron chi connectivity index (χ2n) is 7.90. The molecule has 0 aromatic heterocycles. The van der Waals surface area contributed by atoms with Crippen molar-refractivity contribution >= 4 is 29.2 Å². The van der Waals surface area contributed by atoms with Gasteiger partial charge in [-0.2, -0.15) is 0 Å². The number of benzene rings is 2. The summed E-state index contributed by atoms with van der Waals surface area (Å²) >= 11 is 6.08. The largest absolute Gasteiger partial charge is 0.466 e. The number of rotatable bonds is 7. The molecule has 2 aromatic rings. The molecule has 0 unspecified atom stereocenters. The Labute approximate surface area is 193 Å². The van der Waals surface area contributed by atoms with Gasteiger partial charge in [-0.25, -0.2) is 4.79 Å². The van der Waals surface area contributed by atoms with Crippen molar-refractivity contribution in [3.05, 3.63) is 76.5 Å². The Kier molecular flexibility index (Phi) is 7.59. The molecule has 2 aromatic carbocycles. The maximum absolute atomic E-state index is 13.2. The predicted octanol–water partition coefficient (Wildman–Crippen LogP) is 4.69. The van der Waals surface area contributed by atoms with E-state index in [0.717, 1.165) is 5.69 Å². The van der Waals surface area contributed by atoms with Crippen LogP contribution in [0.25, 0.3) is 0 Å². The highest BCUT2D eigenvalue weighted by Crippen LogP contribution is 2.48. The Hall–Kier alpha value is -2.83. The van der Waals surface area contributed by atoms with E-state index in [4.69, 9.17) is 21.1 Å². The molecule has 0 spiro atoms. The topological polar surface area (TPSA) is 84.9 Å². The number of anilines is 1. The number of halogens is 1. The molecule has 3 atom stereocenters. The van der Waals surface area contributed by atoms with Gasteiger partial charge in [0.25, 0.3) is 0 Å². The van der Waals surface area contributed by atoms with Gasteiger partial charge in [-0.05, 0) is 50.6 Å². The molecule has 7 heteroatoms. The zero-order valence-electron chi connectivity index (χ0n) is 18.4. The van der Waals surface area contributed by atoms with Gasteiger partial charge < -0.3 is 19.9 Å². The molecule has 0 heterocycles. The molecule has 0 saturated carbocycles. The van der Waals surface area contributed by atoms with E-state index in [1.807, 2.05) is 30.3 Å². The van der Waals surface area contributed by atoms with Gasteiger partial charge in [0.1, 0.15) is 0 Å². The molecule has 3 rings (SSSR count). The van der Waals surface area contributed by atoms with Crippen LogP contribution in [0.5, 0.6) is 0 Å². The first-order valence-electron chi connectivity index (χ1n) is 10.6. The molecule has 0 radical (unpaired) electrons. The van der Waals surface area contributed by atoms with E-state index in [0.29, 0.717) is 21.9 Å². The Bertz CT molecular complexity index is 985. The molecule has 1 aliphatic rings. The number of aliphatic hydroxyl groups is 1. The highest BCUT2D eigenvalue weighted by atomic mass is 35.5. The van der Waals surface area contributed by atoms with Gasteiger partial charge in [0.2, 0.25) is 0 Å². The Balaban J connectivity index is 2.23. The van der Waals surface area contributed by atoms with Crippen LogP contribution in [0, 0.1) is 5.92 Å². The molecular weight excluding hydrogens is 430 g/mol. The standard InChI is InChI=1S/C25H28ClNO5/c1-4-31-23(28)21-19(27-18-9-7-6-8-10-18)15-25(3,30)22(24(29)32-5-2)20(21)16-11-13-17(26)14-12-16/h6-14,20,22,27,30H,4-5,15H2,1-3H3/t20-,22+,25-/m0/s1. The Morgan fingerprint density at radius 2 is 1.69 bits per heavy atom. The highest BCUT2D eigenvalue weighted by Gasteiger charge is 2.52. The third-order valence-corrected chi connectivity index (χ3v) is 5.76. The summed E-state index contributed by atoms with van der Waals surface area (Å²) in [5, 5.41) is 15.2. The molecule has 0 saturated heterocycles. The van der Waals surface area contributed by atoms with E-state index in [1.54, 1.807) is 45.0 Å². The third-order valence-electron chi connectivity index (χ3n) is 5.51. The van der Waals surface area contributed by atoms with Crippen LogP contribution in [0.2, 0.25) is 5.02 Å². The van der Waals surface area contributed by atoms with Crippen molar-refractivity contribution in [1.29, 1.82) is 0 Å². The second kappa shape index (κ2) is 10.2. The zero-order chi connectivity index (χ0) is 23.3. The van der Waals surface area contributed by atoms with Crippen molar-refractivity contribution in [3.63, 3.8) is 0 Å². The van der Waals surface area contributed by atoms with Gasteiger partial charge in [-0.1, -0.05) is 41.9 Å². The number of hydrogen-bond donors (Lipinski definition) is 2. The Morgan fingerprint density at radius 1 is 1.06 bits per heavy atom. The first-order chi connectivity index (χ1) is 15.3. The average Bonchev–Trinajstić information content (AvgIpc) is 2.74. The van der Waals surface area contributed by atoms with Crippen molar-refractivity contribution in [2.75, 3.05) is 18.5 Å². The van der Waals surface area contributed by atoms with Gasteiger partial charge in [0.05, 0.1) is 30.3 Å². The second-order valence-corrected chi connectivity index (χ2v) is 8.33. The molecule has 6 nitrogen and oxygen atoms in total.